The highest BCUT2D eigenvalue weighted by Crippen LogP contribution is 2.07. The Labute approximate surface area is 61.2 Å². The molecule has 0 bridgehead atoms. The van der Waals surface area contributed by atoms with Crippen LogP contribution in [0.1, 0.15) is 25.8 Å². The van der Waals surface area contributed by atoms with Crippen molar-refractivity contribution in [2.45, 2.75) is 26.7 Å². The van der Waals surface area contributed by atoms with E-state index >= 15 is 0 Å². The summed E-state index contributed by atoms with van der Waals surface area (Å²) in [5, 5.41) is 3.63. The molecule has 2 nitrogen and oxygen atoms in total. The fraction of sp³-hybridized carbons (Fsp3) is 0.625. The summed E-state index contributed by atoms with van der Waals surface area (Å²) in [6, 6.07) is 0. The zero-order valence-electron chi connectivity index (χ0n) is 6.50. The van der Waals surface area contributed by atoms with Crippen molar-refractivity contribution in [3.8, 4) is 0 Å². The first-order valence-electron chi connectivity index (χ1n) is 3.67. The van der Waals surface area contributed by atoms with Crippen molar-refractivity contribution in [2.24, 2.45) is 5.92 Å². The zero-order chi connectivity index (χ0) is 7.40. The Kier molecular flexibility index (Phi) is 2.49. The maximum absolute atomic E-state index is 4.70. The lowest BCUT2D eigenvalue weighted by molar-refractivity contribution is 0.418. The normalized spacial score (nSPS) is 10.7. The Morgan fingerprint density at radius 3 is 2.90 bits per heavy atom. The van der Waals surface area contributed by atoms with Crippen LogP contribution in [0, 0.1) is 5.92 Å². The highest BCUT2D eigenvalue weighted by Gasteiger charge is 1.97. The van der Waals surface area contributed by atoms with Gasteiger partial charge in [-0.15, -0.1) is 0 Å². The number of aryl methyl sites for hydroxylation is 1. The van der Waals surface area contributed by atoms with Gasteiger partial charge in [0.15, 0.2) is 0 Å². The van der Waals surface area contributed by atoms with Gasteiger partial charge in [-0.2, -0.15) is 0 Å². The summed E-state index contributed by atoms with van der Waals surface area (Å²) < 4.78 is 4.70. The molecule has 0 aromatic carbocycles. The van der Waals surface area contributed by atoms with Gasteiger partial charge in [-0.3, -0.25) is 0 Å². The van der Waals surface area contributed by atoms with Crippen molar-refractivity contribution in [1.82, 2.24) is 5.16 Å². The second-order valence-electron chi connectivity index (χ2n) is 2.97. The molecule has 0 radical (unpaired) electrons. The fourth-order valence-electron chi connectivity index (χ4n) is 0.805. The number of nitrogens with zero attached hydrogens (tertiary/aromatic N) is 1. The summed E-state index contributed by atoms with van der Waals surface area (Å²) in [5.74, 6) is 0.759. The van der Waals surface area contributed by atoms with Crippen LogP contribution in [0.3, 0.4) is 0 Å². The van der Waals surface area contributed by atoms with E-state index < -0.39 is 0 Å². The lowest BCUT2D eigenvalue weighted by Crippen LogP contribution is -1.89. The molecule has 0 spiro atoms. The monoisotopic (exact) mass is 139 g/mol. The molecule has 0 aliphatic carbocycles. The van der Waals surface area contributed by atoms with Gasteiger partial charge in [0.1, 0.15) is 6.26 Å². The molecule has 1 heterocycles. The summed E-state index contributed by atoms with van der Waals surface area (Å²) >= 11 is 0. The molecular formula is C8H13NO. The lowest BCUT2D eigenvalue weighted by atomic mass is 10.1. The van der Waals surface area contributed by atoms with Gasteiger partial charge in [-0.05, 0) is 18.8 Å². The van der Waals surface area contributed by atoms with Crippen LogP contribution in [-0.4, -0.2) is 5.16 Å². The Balaban J connectivity index is 2.28. The fourth-order valence-corrected chi connectivity index (χ4v) is 0.805. The van der Waals surface area contributed by atoms with E-state index in [1.54, 1.807) is 12.5 Å². The van der Waals surface area contributed by atoms with Crippen LogP contribution in [0.4, 0.5) is 0 Å². The van der Waals surface area contributed by atoms with Crippen molar-refractivity contribution >= 4 is 0 Å². The Morgan fingerprint density at radius 2 is 2.40 bits per heavy atom. The third-order valence-corrected chi connectivity index (χ3v) is 1.49. The van der Waals surface area contributed by atoms with Crippen LogP contribution in [0.15, 0.2) is 17.0 Å². The molecule has 1 aromatic rings. The first kappa shape index (κ1) is 7.32. The maximum Gasteiger partial charge on any atom is 0.126 e. The van der Waals surface area contributed by atoms with E-state index in [1.165, 1.54) is 12.0 Å². The molecule has 0 aliphatic rings. The van der Waals surface area contributed by atoms with Gasteiger partial charge in [0.05, 0.1) is 6.20 Å². The molecule has 1 aromatic heterocycles. The lowest BCUT2D eigenvalue weighted by Gasteiger charge is -1.99. The van der Waals surface area contributed by atoms with Gasteiger partial charge in [-0.1, -0.05) is 19.0 Å². The molecule has 2 heteroatoms. The van der Waals surface area contributed by atoms with Crippen LogP contribution < -0.4 is 0 Å². The van der Waals surface area contributed by atoms with E-state index in [0.29, 0.717) is 0 Å². The zero-order valence-corrected chi connectivity index (χ0v) is 6.50. The Bertz CT molecular complexity index is 167. The standard InChI is InChI=1S/C8H13NO/c1-7(2)3-4-8-5-9-10-6-8/h5-7H,3-4H2,1-2H3. The minimum Gasteiger partial charge on any atom is -0.364 e. The molecule has 0 unspecified atom stereocenters. The van der Waals surface area contributed by atoms with Gasteiger partial charge in [0.2, 0.25) is 0 Å². The summed E-state index contributed by atoms with van der Waals surface area (Å²) in [6.07, 6.45) is 5.78. The molecule has 0 saturated heterocycles. The molecule has 0 aliphatic heterocycles. The van der Waals surface area contributed by atoms with E-state index in [4.69, 9.17) is 4.52 Å². The van der Waals surface area contributed by atoms with Crippen molar-refractivity contribution in [1.29, 1.82) is 0 Å². The third kappa shape index (κ3) is 2.21. The summed E-state index contributed by atoms with van der Waals surface area (Å²) in [4.78, 5) is 0. The van der Waals surface area contributed by atoms with Crippen molar-refractivity contribution in [3.05, 3.63) is 18.0 Å². The van der Waals surface area contributed by atoms with Crippen LogP contribution in [0.2, 0.25) is 0 Å². The predicted octanol–water partition coefficient (Wildman–Crippen LogP) is 2.26. The maximum atomic E-state index is 4.70. The molecule has 0 fully saturated rings. The second kappa shape index (κ2) is 3.40. The van der Waals surface area contributed by atoms with Gasteiger partial charge >= 0.3 is 0 Å². The van der Waals surface area contributed by atoms with Crippen LogP contribution in [0.5, 0.6) is 0 Å². The number of hydrogen-bond donors (Lipinski definition) is 0. The number of aromatic nitrogens is 1. The highest BCUT2D eigenvalue weighted by atomic mass is 16.5. The van der Waals surface area contributed by atoms with E-state index in [2.05, 4.69) is 19.0 Å². The van der Waals surface area contributed by atoms with Gasteiger partial charge in [0, 0.05) is 5.56 Å². The molecule has 0 atom stereocenters. The predicted molar refractivity (Wildman–Crippen MR) is 39.7 cm³/mol. The van der Waals surface area contributed by atoms with E-state index in [9.17, 15) is 0 Å². The minimum absolute atomic E-state index is 0.759. The van der Waals surface area contributed by atoms with E-state index in [0.717, 1.165) is 12.3 Å². The second-order valence-corrected chi connectivity index (χ2v) is 2.97. The molecule has 1 rings (SSSR count). The molecule has 0 amide bonds. The average molecular weight is 139 g/mol. The average Bonchev–Trinajstić information content (AvgIpc) is 2.34. The van der Waals surface area contributed by atoms with Crippen molar-refractivity contribution < 1.29 is 4.52 Å². The largest absolute Gasteiger partial charge is 0.364 e. The Hall–Kier alpha value is -0.790. The topological polar surface area (TPSA) is 26.0 Å². The Morgan fingerprint density at radius 1 is 1.60 bits per heavy atom. The summed E-state index contributed by atoms with van der Waals surface area (Å²) in [5.41, 5.74) is 1.20. The highest BCUT2D eigenvalue weighted by molar-refractivity contribution is 4.99. The smallest absolute Gasteiger partial charge is 0.126 e. The summed E-state index contributed by atoms with van der Waals surface area (Å²) in [6.45, 7) is 4.43. The molecule has 0 N–H and O–H groups in total. The van der Waals surface area contributed by atoms with Crippen molar-refractivity contribution in [3.63, 3.8) is 0 Å². The summed E-state index contributed by atoms with van der Waals surface area (Å²) in [7, 11) is 0. The van der Waals surface area contributed by atoms with Gasteiger partial charge in [0.25, 0.3) is 0 Å². The SMILES string of the molecule is CC(C)CCc1cnoc1. The van der Waals surface area contributed by atoms with E-state index in [-0.39, 0.29) is 0 Å². The van der Waals surface area contributed by atoms with Gasteiger partial charge in [-0.25, -0.2) is 0 Å². The quantitative estimate of drug-likeness (QED) is 0.642. The molecular weight excluding hydrogens is 126 g/mol. The van der Waals surface area contributed by atoms with Crippen LogP contribution in [-0.2, 0) is 6.42 Å². The number of hydrogen-bond acceptors (Lipinski definition) is 2. The molecule has 56 valence electrons. The molecule has 10 heavy (non-hydrogen) atoms. The van der Waals surface area contributed by atoms with Crippen molar-refractivity contribution in [2.75, 3.05) is 0 Å². The third-order valence-electron chi connectivity index (χ3n) is 1.49. The van der Waals surface area contributed by atoms with Crippen LogP contribution >= 0.6 is 0 Å². The van der Waals surface area contributed by atoms with E-state index in [1.807, 2.05) is 0 Å². The first-order valence-corrected chi connectivity index (χ1v) is 3.67. The minimum atomic E-state index is 0.759. The number of rotatable bonds is 3. The molecule has 0 saturated carbocycles. The van der Waals surface area contributed by atoms with Crippen LogP contribution in [0.25, 0.3) is 0 Å². The van der Waals surface area contributed by atoms with Gasteiger partial charge < -0.3 is 4.52 Å². The first-order chi connectivity index (χ1) is 4.79.